The van der Waals surface area contributed by atoms with Crippen molar-refractivity contribution in [2.75, 3.05) is 32.1 Å². The van der Waals surface area contributed by atoms with E-state index in [1.54, 1.807) is 12.3 Å². The van der Waals surface area contributed by atoms with E-state index >= 15 is 0 Å². The molecule has 1 unspecified atom stereocenters. The van der Waals surface area contributed by atoms with E-state index in [9.17, 15) is 4.79 Å². The zero-order chi connectivity index (χ0) is 13.1. The van der Waals surface area contributed by atoms with Crippen molar-refractivity contribution in [2.45, 2.75) is 18.9 Å². The number of pyridine rings is 1. The molecule has 2 heterocycles. The number of likely N-dealkylation sites (N-methyl/N-ethyl adjacent to an activating group) is 2. The highest BCUT2D eigenvalue weighted by Crippen LogP contribution is 2.21. The van der Waals surface area contributed by atoms with Gasteiger partial charge in [0.25, 0.3) is 0 Å². The number of hydrogen-bond donors (Lipinski definition) is 1. The van der Waals surface area contributed by atoms with Crippen LogP contribution in [0.1, 0.15) is 23.3 Å². The van der Waals surface area contributed by atoms with E-state index < -0.39 is 5.97 Å². The maximum Gasteiger partial charge on any atom is 0.354 e. The summed E-state index contributed by atoms with van der Waals surface area (Å²) in [5, 5.41) is 8.95. The zero-order valence-electron chi connectivity index (χ0n) is 10.8. The van der Waals surface area contributed by atoms with Gasteiger partial charge in [0.1, 0.15) is 5.69 Å². The lowest BCUT2D eigenvalue weighted by Crippen LogP contribution is -2.45. The second-order valence-corrected chi connectivity index (χ2v) is 4.87. The number of anilines is 1. The van der Waals surface area contributed by atoms with Gasteiger partial charge in [-0.05, 0) is 38.6 Å². The monoisotopic (exact) mass is 249 g/mol. The van der Waals surface area contributed by atoms with Gasteiger partial charge in [-0.25, -0.2) is 9.78 Å². The van der Waals surface area contributed by atoms with Gasteiger partial charge in [-0.15, -0.1) is 0 Å². The lowest BCUT2D eigenvalue weighted by atomic mass is 10.0. The lowest BCUT2D eigenvalue weighted by Gasteiger charge is -2.37. The minimum atomic E-state index is -0.981. The summed E-state index contributed by atoms with van der Waals surface area (Å²) in [6.45, 7) is 2.16. The van der Waals surface area contributed by atoms with E-state index in [2.05, 4.69) is 21.8 Å². The Bertz CT molecular complexity index is 436. The van der Waals surface area contributed by atoms with Gasteiger partial charge in [0, 0.05) is 31.5 Å². The Hall–Kier alpha value is -1.62. The molecule has 1 fully saturated rings. The molecule has 1 aromatic rings. The molecular weight excluding hydrogens is 230 g/mol. The number of piperidine rings is 1. The van der Waals surface area contributed by atoms with Crippen LogP contribution in [0.4, 0.5) is 5.69 Å². The SMILES string of the molecule is CN1CCCC(N(C)c2ccnc(C(=O)O)c2)C1. The molecule has 98 valence electrons. The molecule has 1 aromatic heterocycles. The Morgan fingerprint density at radius 1 is 1.61 bits per heavy atom. The van der Waals surface area contributed by atoms with Crippen molar-refractivity contribution < 1.29 is 9.90 Å². The third-order valence-corrected chi connectivity index (χ3v) is 3.52. The number of carboxylic acid groups (broad SMARTS) is 1. The normalized spacial score (nSPS) is 20.7. The molecule has 5 nitrogen and oxygen atoms in total. The summed E-state index contributed by atoms with van der Waals surface area (Å²) in [5.41, 5.74) is 1.02. The van der Waals surface area contributed by atoms with Crippen LogP contribution in [0.5, 0.6) is 0 Å². The van der Waals surface area contributed by atoms with Crippen molar-refractivity contribution in [3.05, 3.63) is 24.0 Å². The van der Waals surface area contributed by atoms with Crippen molar-refractivity contribution in [3.63, 3.8) is 0 Å². The average Bonchev–Trinajstić information content (AvgIpc) is 2.38. The van der Waals surface area contributed by atoms with Crippen LogP contribution in [0.15, 0.2) is 18.3 Å². The van der Waals surface area contributed by atoms with E-state index in [1.165, 1.54) is 6.42 Å². The molecule has 0 spiro atoms. The van der Waals surface area contributed by atoms with Crippen molar-refractivity contribution in [1.29, 1.82) is 0 Å². The van der Waals surface area contributed by atoms with Gasteiger partial charge < -0.3 is 14.9 Å². The highest BCUT2D eigenvalue weighted by atomic mass is 16.4. The molecule has 0 bridgehead atoms. The van der Waals surface area contributed by atoms with E-state index in [0.29, 0.717) is 6.04 Å². The molecule has 1 N–H and O–H groups in total. The Labute approximate surface area is 107 Å². The van der Waals surface area contributed by atoms with Gasteiger partial charge in [-0.2, -0.15) is 0 Å². The van der Waals surface area contributed by atoms with Crippen LogP contribution in [0.3, 0.4) is 0 Å². The van der Waals surface area contributed by atoms with Crippen molar-refractivity contribution in [2.24, 2.45) is 0 Å². The molecular formula is C13H19N3O2. The third kappa shape index (κ3) is 2.79. The molecule has 0 radical (unpaired) electrons. The summed E-state index contributed by atoms with van der Waals surface area (Å²) < 4.78 is 0. The second kappa shape index (κ2) is 5.35. The molecule has 0 saturated carbocycles. The largest absolute Gasteiger partial charge is 0.477 e. The molecule has 5 heteroatoms. The first kappa shape index (κ1) is 12.8. The molecule has 1 atom stereocenters. The number of carbonyl (C=O) groups is 1. The first-order valence-corrected chi connectivity index (χ1v) is 6.18. The molecule has 1 saturated heterocycles. The maximum atomic E-state index is 10.9. The number of aromatic nitrogens is 1. The van der Waals surface area contributed by atoms with E-state index in [-0.39, 0.29) is 5.69 Å². The first-order valence-electron chi connectivity index (χ1n) is 6.18. The van der Waals surface area contributed by atoms with Gasteiger partial charge in [-0.3, -0.25) is 0 Å². The number of likely N-dealkylation sites (tertiary alicyclic amines) is 1. The molecule has 1 aliphatic rings. The lowest BCUT2D eigenvalue weighted by molar-refractivity contribution is 0.0690. The zero-order valence-corrected chi connectivity index (χ0v) is 10.8. The fourth-order valence-corrected chi connectivity index (χ4v) is 2.42. The highest BCUT2D eigenvalue weighted by Gasteiger charge is 2.21. The summed E-state index contributed by atoms with van der Waals surface area (Å²) in [5.74, 6) is -0.981. The summed E-state index contributed by atoms with van der Waals surface area (Å²) in [6, 6.07) is 3.94. The Balaban J connectivity index is 2.14. The number of rotatable bonds is 3. The Morgan fingerprint density at radius 2 is 2.39 bits per heavy atom. The molecule has 0 aromatic carbocycles. The summed E-state index contributed by atoms with van der Waals surface area (Å²) in [7, 11) is 4.14. The third-order valence-electron chi connectivity index (χ3n) is 3.52. The predicted octanol–water partition coefficient (Wildman–Crippen LogP) is 1.31. The number of carboxylic acids is 1. The summed E-state index contributed by atoms with van der Waals surface area (Å²) >= 11 is 0. The maximum absolute atomic E-state index is 10.9. The van der Waals surface area contributed by atoms with E-state index in [1.807, 2.05) is 13.1 Å². The van der Waals surface area contributed by atoms with Crippen molar-refractivity contribution >= 4 is 11.7 Å². The van der Waals surface area contributed by atoms with Gasteiger partial charge >= 0.3 is 5.97 Å². The predicted molar refractivity (Wildman–Crippen MR) is 70.1 cm³/mol. The van der Waals surface area contributed by atoms with Gasteiger partial charge in [0.2, 0.25) is 0 Å². The van der Waals surface area contributed by atoms with Crippen LogP contribution < -0.4 is 4.90 Å². The first-order chi connectivity index (χ1) is 8.58. The minimum Gasteiger partial charge on any atom is -0.477 e. The van der Waals surface area contributed by atoms with Crippen LogP contribution in [-0.4, -0.2) is 54.2 Å². The van der Waals surface area contributed by atoms with Gasteiger partial charge in [0.05, 0.1) is 0 Å². The smallest absolute Gasteiger partial charge is 0.354 e. The summed E-state index contributed by atoms with van der Waals surface area (Å²) in [6.07, 6.45) is 3.88. The fraction of sp³-hybridized carbons (Fsp3) is 0.538. The van der Waals surface area contributed by atoms with Crippen molar-refractivity contribution in [3.8, 4) is 0 Å². The Morgan fingerprint density at radius 3 is 3.06 bits per heavy atom. The molecule has 18 heavy (non-hydrogen) atoms. The van der Waals surface area contributed by atoms with Crippen LogP contribution in [0, 0.1) is 0 Å². The number of nitrogens with zero attached hydrogens (tertiary/aromatic N) is 3. The standard InChI is InChI=1S/C13H19N3O2/c1-15-7-3-4-11(9-15)16(2)10-5-6-14-12(8-10)13(17)18/h5-6,8,11H,3-4,7,9H2,1-2H3,(H,17,18). The fourth-order valence-electron chi connectivity index (χ4n) is 2.42. The molecule has 0 amide bonds. The van der Waals surface area contributed by atoms with E-state index in [4.69, 9.17) is 5.11 Å². The van der Waals surface area contributed by atoms with Crippen LogP contribution in [0.2, 0.25) is 0 Å². The number of hydrogen-bond acceptors (Lipinski definition) is 4. The van der Waals surface area contributed by atoms with Crippen molar-refractivity contribution in [1.82, 2.24) is 9.88 Å². The topological polar surface area (TPSA) is 56.7 Å². The van der Waals surface area contributed by atoms with Gasteiger partial charge in [0.15, 0.2) is 0 Å². The quantitative estimate of drug-likeness (QED) is 0.875. The summed E-state index contributed by atoms with van der Waals surface area (Å²) in [4.78, 5) is 19.2. The van der Waals surface area contributed by atoms with E-state index in [0.717, 1.165) is 25.2 Å². The molecule has 2 rings (SSSR count). The molecule has 1 aliphatic heterocycles. The molecule has 0 aliphatic carbocycles. The highest BCUT2D eigenvalue weighted by molar-refractivity contribution is 5.86. The van der Waals surface area contributed by atoms with Crippen LogP contribution in [0.25, 0.3) is 0 Å². The number of aromatic carboxylic acids is 1. The Kier molecular flexibility index (Phi) is 3.81. The van der Waals surface area contributed by atoms with Crippen LogP contribution >= 0.6 is 0 Å². The average molecular weight is 249 g/mol. The van der Waals surface area contributed by atoms with Gasteiger partial charge in [-0.1, -0.05) is 0 Å². The van der Waals surface area contributed by atoms with Crippen LogP contribution in [-0.2, 0) is 0 Å². The minimum absolute atomic E-state index is 0.100. The second-order valence-electron chi connectivity index (χ2n) is 4.87.